The van der Waals surface area contributed by atoms with E-state index in [2.05, 4.69) is 30.7 Å². The van der Waals surface area contributed by atoms with Gasteiger partial charge in [-0.1, -0.05) is 48.5 Å². The molecule has 0 radical (unpaired) electrons. The Morgan fingerprint density at radius 2 is 0.952 bits per heavy atom. The Kier molecular flexibility index (Phi) is 11.4. The first-order valence-electron chi connectivity index (χ1n) is 17.3. The van der Waals surface area contributed by atoms with Crippen molar-refractivity contribution in [1.29, 1.82) is 0 Å². The molecule has 0 aliphatic heterocycles. The number of phenols is 2. The van der Waals surface area contributed by atoms with Gasteiger partial charge in [-0.05, 0) is 88.6 Å². The van der Waals surface area contributed by atoms with Crippen LogP contribution in [0.5, 0.6) is 11.5 Å². The molecular formula is C38H25N7O14S4-2. The molecular weight excluding hydrogens is 907 g/mol. The van der Waals surface area contributed by atoms with E-state index in [1.54, 1.807) is 42.5 Å². The van der Waals surface area contributed by atoms with Crippen LogP contribution in [0.1, 0.15) is 0 Å². The van der Waals surface area contributed by atoms with Gasteiger partial charge in [0, 0.05) is 5.39 Å². The van der Waals surface area contributed by atoms with Crippen LogP contribution in [-0.2, 0) is 40.5 Å². The maximum absolute atomic E-state index is 12.5. The Bertz CT molecular complexity index is 3570. The molecule has 0 amide bonds. The zero-order valence-electron chi connectivity index (χ0n) is 31.2. The molecule has 6 N–H and O–H groups in total. The third kappa shape index (κ3) is 9.25. The molecule has 322 valence electrons. The number of phenolic OH excluding ortho intramolecular Hbond substituents is 2. The molecule has 0 atom stereocenters. The maximum atomic E-state index is 12.5. The number of anilines is 1. The number of fused-ring (bicyclic) bond motifs is 2. The van der Waals surface area contributed by atoms with Gasteiger partial charge in [0.1, 0.15) is 47.9 Å². The van der Waals surface area contributed by atoms with Crippen molar-refractivity contribution in [3.63, 3.8) is 0 Å². The standard InChI is InChI=1S/C38H27N7O14S4/c39-34-33-23(18-31(63(57,58)59)37(38(33)47)45-40-24-4-2-1-3-5-24)17-30(62(54,55)56)36(34)44-42-26-13-8-21(9-14-26)20-6-11-25(12-7-20)41-43-35-28(46)15-10-22-16-27(60(48,49)50)19-29(32(22)35)61(51,52)53/h1-19,46-47H,39H2,(H,48,49,50)(H,51,52,53)(H,54,55,56)(H,57,58,59)/p-2. The summed E-state index contributed by atoms with van der Waals surface area (Å²) in [6.45, 7) is 0. The Balaban J connectivity index is 1.19. The van der Waals surface area contributed by atoms with Crippen molar-refractivity contribution < 1.29 is 62.1 Å². The summed E-state index contributed by atoms with van der Waals surface area (Å²) in [6, 6.07) is 25.2. The third-order valence-electron chi connectivity index (χ3n) is 9.06. The molecule has 7 aromatic rings. The molecule has 0 unspecified atom stereocenters. The lowest BCUT2D eigenvalue weighted by Gasteiger charge is -2.16. The van der Waals surface area contributed by atoms with E-state index in [1.807, 2.05) is 0 Å². The molecule has 0 aliphatic carbocycles. The number of hydrogen-bond acceptors (Lipinski definition) is 19. The molecule has 0 spiro atoms. The minimum atomic E-state index is -5.36. The van der Waals surface area contributed by atoms with E-state index in [4.69, 9.17) is 5.73 Å². The first-order valence-corrected chi connectivity index (χ1v) is 23.0. The average molecular weight is 932 g/mol. The van der Waals surface area contributed by atoms with Crippen molar-refractivity contribution in [2.24, 2.45) is 30.7 Å². The Morgan fingerprint density at radius 1 is 0.460 bits per heavy atom. The van der Waals surface area contributed by atoms with Crippen molar-refractivity contribution in [2.75, 3.05) is 5.73 Å². The highest BCUT2D eigenvalue weighted by molar-refractivity contribution is 7.87. The second kappa shape index (κ2) is 16.3. The number of rotatable bonds is 11. The van der Waals surface area contributed by atoms with Gasteiger partial charge in [-0.2, -0.15) is 32.2 Å². The van der Waals surface area contributed by atoms with Gasteiger partial charge in [0.25, 0.3) is 20.2 Å². The summed E-state index contributed by atoms with van der Waals surface area (Å²) < 4.78 is 141. The van der Waals surface area contributed by atoms with Crippen LogP contribution < -0.4 is 5.73 Å². The number of aromatic hydroxyl groups is 2. The lowest BCUT2D eigenvalue weighted by molar-refractivity contribution is 0.458. The summed E-state index contributed by atoms with van der Waals surface area (Å²) in [7, 11) is -20.8. The van der Waals surface area contributed by atoms with Crippen LogP contribution >= 0.6 is 0 Å². The van der Waals surface area contributed by atoms with Crippen molar-refractivity contribution >= 4 is 102 Å². The SMILES string of the molecule is Nc1c(N=Nc2ccc(-c3ccc(N=Nc4c(O)ccc5cc(S(=O)(=O)O)cc(S(=O)(=O)[O-])c45)cc3)cc2)c(S(=O)(=O)O)cc2cc(S(=O)(=O)[O-])c(N=Nc3ccccc3)c(O)c12. The highest BCUT2D eigenvalue weighted by Crippen LogP contribution is 2.48. The van der Waals surface area contributed by atoms with Crippen molar-refractivity contribution in [3.8, 4) is 22.6 Å². The van der Waals surface area contributed by atoms with E-state index >= 15 is 0 Å². The smallest absolute Gasteiger partial charge is 0.296 e. The quantitative estimate of drug-likeness (QED) is 0.0463. The third-order valence-corrected chi connectivity index (χ3v) is 12.5. The molecule has 0 heterocycles. The van der Waals surface area contributed by atoms with Crippen LogP contribution in [0.2, 0.25) is 0 Å². The molecule has 63 heavy (non-hydrogen) atoms. The molecule has 0 fully saturated rings. The topological polar surface area (TPSA) is 364 Å². The van der Waals surface area contributed by atoms with Crippen LogP contribution in [0.3, 0.4) is 0 Å². The first kappa shape index (κ1) is 44.0. The lowest BCUT2D eigenvalue weighted by atomic mass is 10.0. The monoisotopic (exact) mass is 931 g/mol. The van der Waals surface area contributed by atoms with Gasteiger partial charge in [-0.3, -0.25) is 9.11 Å². The van der Waals surface area contributed by atoms with Crippen molar-refractivity contribution in [3.05, 3.63) is 115 Å². The van der Waals surface area contributed by atoms with Gasteiger partial charge in [0.05, 0.1) is 42.8 Å². The maximum Gasteiger partial charge on any atom is 0.296 e. The fourth-order valence-corrected chi connectivity index (χ4v) is 8.85. The van der Waals surface area contributed by atoms with Crippen LogP contribution in [0.4, 0.5) is 39.8 Å². The Labute approximate surface area is 356 Å². The predicted octanol–water partition coefficient (Wildman–Crippen LogP) is 8.20. The Morgan fingerprint density at radius 3 is 1.46 bits per heavy atom. The highest BCUT2D eigenvalue weighted by atomic mass is 32.2. The lowest BCUT2D eigenvalue weighted by Crippen LogP contribution is -2.04. The largest absolute Gasteiger partial charge is 0.744 e. The summed E-state index contributed by atoms with van der Waals surface area (Å²) in [5.74, 6) is -1.55. The molecule has 0 saturated heterocycles. The van der Waals surface area contributed by atoms with E-state index in [0.717, 1.165) is 30.3 Å². The number of azo groups is 3. The molecule has 0 bridgehead atoms. The van der Waals surface area contributed by atoms with Crippen molar-refractivity contribution in [1.82, 2.24) is 0 Å². The fraction of sp³-hybridized carbons (Fsp3) is 0. The molecule has 7 aromatic carbocycles. The second-order valence-corrected chi connectivity index (χ2v) is 18.7. The number of benzene rings is 7. The van der Waals surface area contributed by atoms with E-state index in [-0.39, 0.29) is 33.2 Å². The van der Waals surface area contributed by atoms with Gasteiger partial charge >= 0.3 is 0 Å². The minimum absolute atomic E-state index is 0.136. The highest BCUT2D eigenvalue weighted by Gasteiger charge is 2.27. The molecule has 7 rings (SSSR count). The number of hydrogen-bond donors (Lipinski definition) is 5. The van der Waals surface area contributed by atoms with Gasteiger partial charge < -0.3 is 25.1 Å². The first-order chi connectivity index (χ1) is 29.5. The molecule has 0 aliphatic rings. The van der Waals surface area contributed by atoms with Gasteiger partial charge in [-0.25, -0.2) is 16.8 Å². The zero-order valence-corrected chi connectivity index (χ0v) is 34.5. The predicted molar refractivity (Wildman–Crippen MR) is 222 cm³/mol. The summed E-state index contributed by atoms with van der Waals surface area (Å²) in [4.78, 5) is -3.93. The summed E-state index contributed by atoms with van der Waals surface area (Å²) in [5.41, 5.74) is 5.56. The van der Waals surface area contributed by atoms with E-state index in [9.17, 15) is 62.1 Å². The van der Waals surface area contributed by atoms with Gasteiger partial charge in [0.15, 0.2) is 5.75 Å². The molecule has 0 saturated carbocycles. The van der Waals surface area contributed by atoms with E-state index in [1.165, 1.54) is 36.4 Å². The summed E-state index contributed by atoms with van der Waals surface area (Å²) >= 11 is 0. The van der Waals surface area contributed by atoms with Crippen LogP contribution in [0.25, 0.3) is 32.7 Å². The Hall–Kier alpha value is -7.10. The number of nitrogens with two attached hydrogens (primary N) is 1. The minimum Gasteiger partial charge on any atom is -0.744 e. The van der Waals surface area contributed by atoms with Crippen LogP contribution in [-0.4, -0.2) is 62.1 Å². The number of nitrogen functional groups attached to an aromatic ring is 1. The normalized spacial score (nSPS) is 13.0. The van der Waals surface area contributed by atoms with Gasteiger partial charge in [0.2, 0.25) is 0 Å². The van der Waals surface area contributed by atoms with E-state index in [0.29, 0.717) is 17.2 Å². The van der Waals surface area contributed by atoms with E-state index < -0.39 is 99.7 Å². The van der Waals surface area contributed by atoms with Crippen LogP contribution in [0.15, 0.2) is 166 Å². The van der Waals surface area contributed by atoms with Crippen molar-refractivity contribution in [2.45, 2.75) is 19.6 Å². The second-order valence-electron chi connectivity index (χ2n) is 13.1. The summed E-state index contributed by atoms with van der Waals surface area (Å²) in [6.07, 6.45) is 0. The van der Waals surface area contributed by atoms with Gasteiger partial charge in [-0.15, -0.1) is 15.3 Å². The van der Waals surface area contributed by atoms with Crippen LogP contribution in [0, 0.1) is 0 Å². The fourth-order valence-electron chi connectivity index (χ4n) is 6.18. The average Bonchev–Trinajstić information content (AvgIpc) is 3.21. The summed E-state index contributed by atoms with van der Waals surface area (Å²) in [5, 5.41) is 43.9. The molecule has 0 aromatic heterocycles. The zero-order chi connectivity index (χ0) is 45.6. The molecule has 21 nitrogen and oxygen atoms in total. The molecule has 25 heteroatoms. The number of nitrogens with zero attached hydrogens (tertiary/aromatic N) is 6.